The summed E-state index contributed by atoms with van der Waals surface area (Å²) in [7, 11) is -2.55. The van der Waals surface area contributed by atoms with Crippen LogP contribution in [0.1, 0.15) is 65.6 Å². The molecular formula is C38H41F2N5O6S. The van der Waals surface area contributed by atoms with Gasteiger partial charge in [-0.25, -0.2) is 36.9 Å². The fourth-order valence-electron chi connectivity index (χ4n) is 7.99. The Morgan fingerprint density at radius 1 is 1.10 bits per heavy atom. The van der Waals surface area contributed by atoms with E-state index in [0.29, 0.717) is 47.0 Å². The second-order valence-electron chi connectivity index (χ2n) is 14.6. The molecule has 5 heterocycles. The van der Waals surface area contributed by atoms with Crippen molar-refractivity contribution in [2.45, 2.75) is 89.7 Å². The van der Waals surface area contributed by atoms with Gasteiger partial charge in [-0.3, -0.25) is 4.90 Å². The highest BCUT2D eigenvalue weighted by molar-refractivity contribution is 7.91. The van der Waals surface area contributed by atoms with Crippen LogP contribution in [0.3, 0.4) is 0 Å². The molecule has 3 aliphatic heterocycles. The molecule has 0 unspecified atom stereocenters. The molecule has 0 aliphatic carbocycles. The number of benzene rings is 2. The minimum atomic E-state index is -4.02. The number of fused-ring (bicyclic) bond motifs is 6. The van der Waals surface area contributed by atoms with E-state index in [-0.39, 0.29) is 64.7 Å². The van der Waals surface area contributed by atoms with E-state index in [2.05, 4.69) is 21.8 Å². The van der Waals surface area contributed by atoms with Crippen molar-refractivity contribution in [2.75, 3.05) is 31.1 Å². The molecule has 274 valence electrons. The molecule has 2 fully saturated rings. The van der Waals surface area contributed by atoms with Crippen LogP contribution in [0, 0.1) is 29.4 Å². The monoisotopic (exact) mass is 733 g/mol. The van der Waals surface area contributed by atoms with Crippen LogP contribution in [0.4, 0.5) is 19.4 Å². The number of rotatable bonds is 6. The van der Waals surface area contributed by atoms with E-state index in [1.165, 1.54) is 20.1 Å². The maximum atomic E-state index is 17.4. The Balaban J connectivity index is 1.50. The van der Waals surface area contributed by atoms with Gasteiger partial charge < -0.3 is 19.1 Å². The summed E-state index contributed by atoms with van der Waals surface area (Å²) in [5.41, 5.74) is -0.348. The number of methoxy groups -OCH3 is 1. The third-order valence-corrected chi connectivity index (χ3v) is 11.5. The largest absolute Gasteiger partial charge is 0.468 e. The Labute approximate surface area is 301 Å². The van der Waals surface area contributed by atoms with Gasteiger partial charge in [-0.05, 0) is 76.5 Å². The number of pyridine rings is 1. The minimum Gasteiger partial charge on any atom is -0.468 e. The van der Waals surface area contributed by atoms with Crippen LogP contribution in [-0.2, 0) is 25.7 Å². The summed E-state index contributed by atoms with van der Waals surface area (Å²) < 4.78 is 76.4. The second kappa shape index (κ2) is 13.1. The molecule has 2 aromatic heterocycles. The number of halogens is 2. The van der Waals surface area contributed by atoms with Crippen LogP contribution in [0.25, 0.3) is 32.9 Å². The summed E-state index contributed by atoms with van der Waals surface area (Å²) >= 11 is 0. The van der Waals surface area contributed by atoms with Gasteiger partial charge >= 0.3 is 6.09 Å². The van der Waals surface area contributed by atoms with E-state index in [0.717, 1.165) is 6.42 Å². The van der Waals surface area contributed by atoms with E-state index in [1.54, 1.807) is 25.1 Å². The highest BCUT2D eigenvalue weighted by atomic mass is 32.2. The fraction of sp³-hybridized carbons (Fsp3) is 0.474. The summed E-state index contributed by atoms with van der Waals surface area (Å²) in [5.74, 6) is 4.23. The number of hydrogen-bond acceptors (Lipinski definition) is 10. The first kappa shape index (κ1) is 35.8. The number of carbonyl (C=O) groups is 1. The van der Waals surface area contributed by atoms with Crippen molar-refractivity contribution in [1.29, 1.82) is 0 Å². The highest BCUT2D eigenvalue weighted by Gasteiger charge is 2.53. The average molecular weight is 734 g/mol. The molecule has 14 heteroatoms. The van der Waals surface area contributed by atoms with Crippen LogP contribution in [0.5, 0.6) is 5.75 Å². The topological polar surface area (TPSA) is 124 Å². The number of hydrogen-bond donors (Lipinski definition) is 0. The normalized spacial score (nSPS) is 21.1. The van der Waals surface area contributed by atoms with Crippen molar-refractivity contribution in [3.05, 3.63) is 47.2 Å². The lowest BCUT2D eigenvalue weighted by Gasteiger charge is -2.49. The van der Waals surface area contributed by atoms with Gasteiger partial charge in [-0.15, -0.1) is 5.92 Å². The molecule has 2 bridgehead atoms. The third-order valence-electron chi connectivity index (χ3n) is 10.1. The maximum Gasteiger partial charge on any atom is 0.410 e. The number of ether oxygens (including phenoxy) is 3. The highest BCUT2D eigenvalue weighted by Crippen LogP contribution is 2.47. The van der Waals surface area contributed by atoms with Gasteiger partial charge in [-0.2, -0.15) is 0 Å². The molecule has 4 aromatic rings. The Hall–Kier alpha value is -4.61. The van der Waals surface area contributed by atoms with Gasteiger partial charge in [-0.1, -0.05) is 25.8 Å². The standard InChI is InChI=1S/C38H41F2N5O6S/c1-8-10-24-26(39)13-11-21-16-23(50-19-49-7)17-25(29(21)24)32-31(40)33-30-27(41-32)15-20(3)34-28-14-12-22(45(28)37(46)51-38(4,5)6)18-44(34)35(30)43-36(42-33)52(47,48)9-2/h11,13,16-17,20,22,28,34H,9,12,14-15,18-19H2,1-7H3/t20-,22+,28-,34-/m0/s1. The van der Waals surface area contributed by atoms with Crippen LogP contribution < -0.4 is 9.64 Å². The Kier molecular flexibility index (Phi) is 9.02. The van der Waals surface area contributed by atoms with Gasteiger partial charge in [0.1, 0.15) is 34.2 Å². The molecule has 4 atom stereocenters. The second-order valence-corrected chi connectivity index (χ2v) is 16.8. The molecule has 0 saturated carbocycles. The number of sulfone groups is 1. The number of anilines is 1. The molecular weight excluding hydrogens is 693 g/mol. The molecule has 3 aliphatic rings. The van der Waals surface area contributed by atoms with Crippen LogP contribution in [0.2, 0.25) is 0 Å². The zero-order valence-electron chi connectivity index (χ0n) is 30.2. The van der Waals surface area contributed by atoms with Crippen LogP contribution >= 0.6 is 0 Å². The molecule has 0 radical (unpaired) electrons. The minimum absolute atomic E-state index is 0.0573. The number of amides is 1. The number of piperazine rings is 1. The SMILES string of the molecule is CC#Cc1c(F)ccc2cc(OCOC)cc(-c3nc4c5c(nc(S(=O)(=O)CC)nc5c3F)N3C[C@H]5CC[C@@H]([C@@H]3[C@@H](C)C4)N5C(=O)OC(C)(C)C)c12. The molecule has 52 heavy (non-hydrogen) atoms. The Morgan fingerprint density at radius 2 is 1.87 bits per heavy atom. The quantitative estimate of drug-likeness (QED) is 0.125. The van der Waals surface area contributed by atoms with E-state index < -0.39 is 38.3 Å². The third kappa shape index (κ3) is 5.97. The first-order chi connectivity index (χ1) is 24.7. The van der Waals surface area contributed by atoms with Crippen LogP contribution in [0.15, 0.2) is 29.4 Å². The number of nitrogens with zero attached hydrogens (tertiary/aromatic N) is 5. The van der Waals surface area contributed by atoms with Crippen molar-refractivity contribution in [3.63, 3.8) is 0 Å². The van der Waals surface area contributed by atoms with Crippen molar-refractivity contribution >= 4 is 43.4 Å². The molecule has 2 aromatic carbocycles. The molecule has 0 spiro atoms. The van der Waals surface area contributed by atoms with E-state index in [4.69, 9.17) is 19.2 Å². The Morgan fingerprint density at radius 3 is 2.56 bits per heavy atom. The van der Waals surface area contributed by atoms with Crippen molar-refractivity contribution in [1.82, 2.24) is 19.9 Å². The first-order valence-corrected chi connectivity index (χ1v) is 19.0. The number of carbonyl (C=O) groups excluding carboxylic acids is 1. The zero-order valence-corrected chi connectivity index (χ0v) is 31.0. The fourth-order valence-corrected chi connectivity index (χ4v) is 8.70. The predicted molar refractivity (Wildman–Crippen MR) is 192 cm³/mol. The van der Waals surface area contributed by atoms with Gasteiger partial charge in [0.15, 0.2) is 12.6 Å². The summed E-state index contributed by atoms with van der Waals surface area (Å²) in [5, 5.41) is 0.653. The maximum absolute atomic E-state index is 17.4. The molecule has 0 N–H and O–H groups in total. The van der Waals surface area contributed by atoms with Gasteiger partial charge in [0.25, 0.3) is 0 Å². The lowest BCUT2D eigenvalue weighted by molar-refractivity contribution is 0.00490. The van der Waals surface area contributed by atoms with E-state index in [1.807, 2.05) is 37.5 Å². The van der Waals surface area contributed by atoms with Gasteiger partial charge in [0, 0.05) is 24.6 Å². The summed E-state index contributed by atoms with van der Waals surface area (Å²) in [4.78, 5) is 31.4. The zero-order chi connectivity index (χ0) is 37.3. The summed E-state index contributed by atoms with van der Waals surface area (Å²) in [6.07, 6.45) is 1.37. The molecule has 11 nitrogen and oxygen atoms in total. The lowest BCUT2D eigenvalue weighted by atomic mass is 9.88. The summed E-state index contributed by atoms with van der Waals surface area (Å²) in [6.45, 7) is 10.8. The molecule has 1 amide bonds. The average Bonchev–Trinajstić information content (AvgIpc) is 3.34. The van der Waals surface area contributed by atoms with Crippen molar-refractivity contribution < 1.29 is 36.2 Å². The predicted octanol–water partition coefficient (Wildman–Crippen LogP) is 6.42. The van der Waals surface area contributed by atoms with E-state index >= 15 is 8.78 Å². The Bertz CT molecular complexity index is 2300. The molecule has 7 rings (SSSR count). The van der Waals surface area contributed by atoms with Crippen molar-refractivity contribution in [2.24, 2.45) is 5.92 Å². The van der Waals surface area contributed by atoms with E-state index in [9.17, 15) is 13.2 Å². The molecule has 2 saturated heterocycles. The van der Waals surface area contributed by atoms with Crippen molar-refractivity contribution in [3.8, 4) is 28.8 Å². The van der Waals surface area contributed by atoms with Crippen LogP contribution in [-0.4, -0.2) is 84.3 Å². The smallest absolute Gasteiger partial charge is 0.410 e. The summed E-state index contributed by atoms with van der Waals surface area (Å²) in [6, 6.07) is 5.28. The number of aromatic nitrogens is 3. The van der Waals surface area contributed by atoms with Gasteiger partial charge in [0.2, 0.25) is 15.0 Å². The van der Waals surface area contributed by atoms with Gasteiger partial charge in [0.05, 0.1) is 40.5 Å². The first-order valence-electron chi connectivity index (χ1n) is 17.4. The lowest BCUT2D eigenvalue weighted by Crippen LogP contribution is -2.63.